The summed E-state index contributed by atoms with van der Waals surface area (Å²) < 4.78 is 32.1. The van der Waals surface area contributed by atoms with Crippen molar-refractivity contribution in [2.45, 2.75) is 10.8 Å². The summed E-state index contributed by atoms with van der Waals surface area (Å²) >= 11 is 13.0. The van der Waals surface area contributed by atoms with E-state index < -0.39 is 10.0 Å². The van der Waals surface area contributed by atoms with Gasteiger partial charge in [0.1, 0.15) is 4.21 Å². The number of halogens is 2. The Kier molecular flexibility index (Phi) is 6.21. The van der Waals surface area contributed by atoms with Crippen molar-refractivity contribution >= 4 is 50.5 Å². The number of nitrogens with zero attached hydrogens (tertiary/aromatic N) is 1. The highest BCUT2D eigenvalue weighted by molar-refractivity contribution is 7.91. The van der Waals surface area contributed by atoms with E-state index >= 15 is 0 Å². The molecule has 6 nitrogen and oxygen atoms in total. The molecule has 0 bridgehead atoms. The maximum absolute atomic E-state index is 12.6. The smallest absolute Gasteiger partial charge is 0.253 e. The fourth-order valence-corrected chi connectivity index (χ4v) is 5.67. The third-order valence-electron chi connectivity index (χ3n) is 3.80. The van der Waals surface area contributed by atoms with Crippen molar-refractivity contribution < 1.29 is 17.9 Å². The molecule has 0 atom stereocenters. The Morgan fingerprint density at radius 3 is 2.65 bits per heavy atom. The number of nitrogens with one attached hydrogen (secondary N) is 1. The average Bonchev–Trinajstić information content (AvgIpc) is 3.12. The van der Waals surface area contributed by atoms with E-state index in [0.717, 1.165) is 16.2 Å². The minimum Gasteiger partial charge on any atom is -0.379 e. The lowest BCUT2D eigenvalue weighted by Crippen LogP contribution is -2.40. The third kappa shape index (κ3) is 4.39. The maximum atomic E-state index is 12.6. The Balaban J connectivity index is 1.67. The molecule has 1 aromatic heterocycles. The molecule has 2 aromatic rings. The zero-order chi connectivity index (χ0) is 18.7. The Labute approximate surface area is 165 Å². The van der Waals surface area contributed by atoms with Crippen LogP contribution in [0, 0.1) is 0 Å². The molecule has 0 spiro atoms. The molecular formula is C16H16Cl2N2O4S2. The van der Waals surface area contributed by atoms with E-state index in [2.05, 4.69) is 5.32 Å². The zero-order valence-electron chi connectivity index (χ0n) is 13.6. The molecule has 10 heteroatoms. The largest absolute Gasteiger partial charge is 0.379 e. The van der Waals surface area contributed by atoms with E-state index in [0.29, 0.717) is 36.3 Å². The molecule has 0 aliphatic carbocycles. The van der Waals surface area contributed by atoms with Crippen LogP contribution in [0.4, 0.5) is 0 Å². The number of hydrogen-bond acceptors (Lipinski definition) is 5. The number of morpholine rings is 1. The maximum Gasteiger partial charge on any atom is 0.253 e. The molecule has 140 valence electrons. The Morgan fingerprint density at radius 2 is 1.92 bits per heavy atom. The Hall–Kier alpha value is -1.16. The Morgan fingerprint density at radius 1 is 1.19 bits per heavy atom. The minimum absolute atomic E-state index is 0.199. The highest BCUT2D eigenvalue weighted by atomic mass is 35.5. The van der Waals surface area contributed by atoms with Crippen LogP contribution < -0.4 is 5.32 Å². The standard InChI is InChI=1S/C16H16Cl2N2O4S2/c17-11-1-3-14(18)13(9-11)16(21)19-10-12-2-4-15(25-12)26(22,23)20-5-7-24-8-6-20/h1-4,9H,5-8,10H2,(H,19,21). The summed E-state index contributed by atoms with van der Waals surface area (Å²) in [7, 11) is -3.52. The molecule has 0 saturated carbocycles. The molecule has 3 rings (SSSR count). The van der Waals surface area contributed by atoms with Crippen molar-refractivity contribution in [2.75, 3.05) is 26.3 Å². The third-order valence-corrected chi connectivity index (χ3v) is 7.81. The molecular weight excluding hydrogens is 419 g/mol. The van der Waals surface area contributed by atoms with Gasteiger partial charge in [-0.3, -0.25) is 4.79 Å². The van der Waals surface area contributed by atoms with Crippen LogP contribution in [0.2, 0.25) is 10.0 Å². The topological polar surface area (TPSA) is 75.7 Å². The van der Waals surface area contributed by atoms with Crippen molar-refractivity contribution in [3.63, 3.8) is 0 Å². The number of thiophene rings is 1. The van der Waals surface area contributed by atoms with Gasteiger partial charge in [0.2, 0.25) is 0 Å². The predicted octanol–water partition coefficient (Wildman–Crippen LogP) is 3.01. The molecule has 2 heterocycles. The van der Waals surface area contributed by atoms with E-state index in [-0.39, 0.29) is 22.2 Å². The summed E-state index contributed by atoms with van der Waals surface area (Å²) in [6.45, 7) is 1.69. The molecule has 1 N–H and O–H groups in total. The summed E-state index contributed by atoms with van der Waals surface area (Å²) in [5.41, 5.74) is 0.275. The van der Waals surface area contributed by atoms with Crippen molar-refractivity contribution in [3.8, 4) is 0 Å². The normalized spacial score (nSPS) is 15.8. The lowest BCUT2D eigenvalue weighted by atomic mass is 10.2. The molecule has 1 saturated heterocycles. The quantitative estimate of drug-likeness (QED) is 0.784. The van der Waals surface area contributed by atoms with Gasteiger partial charge in [-0.25, -0.2) is 8.42 Å². The lowest BCUT2D eigenvalue weighted by molar-refractivity contribution is 0.0731. The molecule has 1 aliphatic rings. The van der Waals surface area contributed by atoms with Crippen LogP contribution in [-0.4, -0.2) is 44.9 Å². The second-order valence-corrected chi connectivity index (χ2v) is 9.72. The van der Waals surface area contributed by atoms with Crippen LogP contribution in [0.15, 0.2) is 34.5 Å². The van der Waals surface area contributed by atoms with E-state index in [1.54, 1.807) is 24.3 Å². The first-order valence-corrected chi connectivity index (χ1v) is 10.8. The SMILES string of the molecule is O=C(NCc1ccc(S(=O)(=O)N2CCOCC2)s1)c1cc(Cl)ccc1Cl. The number of hydrogen-bond donors (Lipinski definition) is 1. The molecule has 0 unspecified atom stereocenters. The van der Waals surface area contributed by atoms with Crippen LogP contribution in [0.5, 0.6) is 0 Å². The van der Waals surface area contributed by atoms with Crippen molar-refractivity contribution in [1.29, 1.82) is 0 Å². The molecule has 1 fully saturated rings. The van der Waals surface area contributed by atoms with E-state index in [9.17, 15) is 13.2 Å². The van der Waals surface area contributed by atoms with Crippen LogP contribution in [-0.2, 0) is 21.3 Å². The number of ether oxygens (including phenoxy) is 1. The minimum atomic E-state index is -3.52. The highest BCUT2D eigenvalue weighted by Gasteiger charge is 2.27. The van der Waals surface area contributed by atoms with Gasteiger partial charge in [0.25, 0.3) is 15.9 Å². The van der Waals surface area contributed by atoms with Gasteiger partial charge < -0.3 is 10.1 Å². The zero-order valence-corrected chi connectivity index (χ0v) is 16.7. The molecule has 1 amide bonds. The summed E-state index contributed by atoms with van der Waals surface area (Å²) in [4.78, 5) is 13.0. The lowest BCUT2D eigenvalue weighted by Gasteiger charge is -2.25. The number of carbonyl (C=O) groups excluding carboxylic acids is 1. The second-order valence-electron chi connectivity index (χ2n) is 5.54. The Bertz CT molecular complexity index is 909. The summed E-state index contributed by atoms with van der Waals surface area (Å²) in [6.07, 6.45) is 0. The first kappa shape index (κ1) is 19.6. The van der Waals surface area contributed by atoms with Crippen molar-refractivity contribution in [1.82, 2.24) is 9.62 Å². The molecule has 0 radical (unpaired) electrons. The van der Waals surface area contributed by atoms with Crippen LogP contribution in [0.25, 0.3) is 0 Å². The van der Waals surface area contributed by atoms with Gasteiger partial charge in [-0.05, 0) is 30.3 Å². The van der Waals surface area contributed by atoms with Crippen molar-refractivity contribution in [3.05, 3.63) is 50.8 Å². The van der Waals surface area contributed by atoms with E-state index in [4.69, 9.17) is 27.9 Å². The second kappa shape index (κ2) is 8.24. The molecule has 1 aromatic carbocycles. The van der Waals surface area contributed by atoms with E-state index in [1.165, 1.54) is 10.4 Å². The fraction of sp³-hybridized carbons (Fsp3) is 0.312. The summed E-state index contributed by atoms with van der Waals surface area (Å²) in [5.74, 6) is -0.372. The van der Waals surface area contributed by atoms with Gasteiger partial charge in [-0.15, -0.1) is 11.3 Å². The molecule has 26 heavy (non-hydrogen) atoms. The number of rotatable bonds is 5. The monoisotopic (exact) mass is 434 g/mol. The highest BCUT2D eigenvalue weighted by Crippen LogP contribution is 2.26. The number of sulfonamides is 1. The number of amides is 1. The average molecular weight is 435 g/mol. The van der Waals surface area contributed by atoms with Crippen LogP contribution >= 0.6 is 34.5 Å². The van der Waals surface area contributed by atoms with Crippen LogP contribution in [0.3, 0.4) is 0 Å². The number of benzene rings is 1. The van der Waals surface area contributed by atoms with Gasteiger partial charge in [0, 0.05) is 23.0 Å². The van der Waals surface area contributed by atoms with Crippen LogP contribution in [0.1, 0.15) is 15.2 Å². The van der Waals surface area contributed by atoms with Gasteiger partial charge in [-0.1, -0.05) is 23.2 Å². The van der Waals surface area contributed by atoms with Gasteiger partial charge in [0.05, 0.1) is 30.3 Å². The van der Waals surface area contributed by atoms with Gasteiger partial charge >= 0.3 is 0 Å². The van der Waals surface area contributed by atoms with E-state index in [1.807, 2.05) is 0 Å². The first-order valence-electron chi connectivity index (χ1n) is 7.78. The summed E-state index contributed by atoms with van der Waals surface area (Å²) in [6, 6.07) is 7.89. The summed E-state index contributed by atoms with van der Waals surface area (Å²) in [5, 5.41) is 3.44. The first-order chi connectivity index (χ1) is 12.4. The fourth-order valence-electron chi connectivity index (χ4n) is 2.44. The predicted molar refractivity (Wildman–Crippen MR) is 102 cm³/mol. The molecule has 1 aliphatic heterocycles. The van der Waals surface area contributed by atoms with Crippen molar-refractivity contribution in [2.24, 2.45) is 0 Å². The van der Waals surface area contributed by atoms with Gasteiger partial charge in [0.15, 0.2) is 0 Å². The van der Waals surface area contributed by atoms with Gasteiger partial charge in [-0.2, -0.15) is 4.31 Å². The number of carbonyl (C=O) groups is 1.